The predicted molar refractivity (Wildman–Crippen MR) is 56.4 cm³/mol. The molecule has 78 valence electrons. The summed E-state index contributed by atoms with van der Waals surface area (Å²) in [4.78, 5) is 11.5. The molecule has 15 heavy (non-hydrogen) atoms. The van der Waals surface area contributed by atoms with Crippen LogP contribution >= 0.6 is 0 Å². The molecular weight excluding hydrogens is 188 g/mol. The Hall–Kier alpha value is -1.15. The number of benzene rings is 1. The van der Waals surface area contributed by atoms with E-state index in [1.54, 1.807) is 6.92 Å². The molecule has 2 heteroatoms. The van der Waals surface area contributed by atoms with E-state index >= 15 is 0 Å². The monoisotopic (exact) mass is 202 g/mol. The van der Waals surface area contributed by atoms with Gasteiger partial charge in [-0.15, -0.1) is 0 Å². The zero-order valence-electron chi connectivity index (χ0n) is 8.77. The minimum atomic E-state index is -0.124. The SMILES string of the molecule is CC(=O)C12COC(c3ccccc3)C1C2. The van der Waals surface area contributed by atoms with Gasteiger partial charge in [-0.3, -0.25) is 4.79 Å². The molecule has 1 aliphatic carbocycles. The van der Waals surface area contributed by atoms with Crippen molar-refractivity contribution in [2.75, 3.05) is 6.61 Å². The average molecular weight is 202 g/mol. The molecule has 1 saturated carbocycles. The number of Topliss-reactive ketones (excluding diaryl/α,β-unsaturated/α-hetero) is 1. The largest absolute Gasteiger partial charge is 0.372 e. The van der Waals surface area contributed by atoms with Crippen molar-refractivity contribution in [2.24, 2.45) is 11.3 Å². The summed E-state index contributed by atoms with van der Waals surface area (Å²) in [5, 5.41) is 0. The van der Waals surface area contributed by atoms with E-state index in [0.29, 0.717) is 18.3 Å². The van der Waals surface area contributed by atoms with Gasteiger partial charge in [0, 0.05) is 5.92 Å². The highest BCUT2D eigenvalue weighted by Gasteiger charge is 2.66. The topological polar surface area (TPSA) is 26.3 Å². The van der Waals surface area contributed by atoms with Crippen molar-refractivity contribution in [1.29, 1.82) is 0 Å². The van der Waals surface area contributed by atoms with E-state index in [1.807, 2.05) is 18.2 Å². The van der Waals surface area contributed by atoms with E-state index in [4.69, 9.17) is 4.74 Å². The smallest absolute Gasteiger partial charge is 0.138 e. The van der Waals surface area contributed by atoms with Gasteiger partial charge in [-0.2, -0.15) is 0 Å². The molecule has 0 radical (unpaired) electrons. The number of carbonyl (C=O) groups is 1. The molecule has 1 aromatic rings. The van der Waals surface area contributed by atoms with Crippen molar-refractivity contribution < 1.29 is 9.53 Å². The summed E-state index contributed by atoms with van der Waals surface area (Å²) in [5.74, 6) is 0.725. The lowest BCUT2D eigenvalue weighted by atomic mass is 9.98. The average Bonchev–Trinajstić information content (AvgIpc) is 2.88. The fourth-order valence-corrected chi connectivity index (χ4v) is 2.73. The number of ether oxygens (including phenoxy) is 1. The first-order valence-corrected chi connectivity index (χ1v) is 5.42. The number of carbonyl (C=O) groups excluding carboxylic acids is 1. The third kappa shape index (κ3) is 1.18. The standard InChI is InChI=1S/C13H14O2/c1-9(14)13-7-11(13)12(15-8-13)10-5-3-2-4-6-10/h2-6,11-12H,7-8H2,1H3. The number of ketones is 1. The third-order valence-corrected chi connectivity index (χ3v) is 3.85. The molecule has 1 aliphatic heterocycles. The summed E-state index contributed by atoms with van der Waals surface area (Å²) in [5.41, 5.74) is 1.09. The van der Waals surface area contributed by atoms with Crippen molar-refractivity contribution in [3.8, 4) is 0 Å². The van der Waals surface area contributed by atoms with Crippen LogP contribution in [0.3, 0.4) is 0 Å². The summed E-state index contributed by atoms with van der Waals surface area (Å²) < 4.78 is 5.74. The van der Waals surface area contributed by atoms with Crippen molar-refractivity contribution in [3.63, 3.8) is 0 Å². The fraction of sp³-hybridized carbons (Fsp3) is 0.462. The Balaban J connectivity index is 1.86. The van der Waals surface area contributed by atoms with Gasteiger partial charge in [0.05, 0.1) is 18.1 Å². The van der Waals surface area contributed by atoms with Crippen molar-refractivity contribution in [1.82, 2.24) is 0 Å². The van der Waals surface area contributed by atoms with E-state index in [1.165, 1.54) is 5.56 Å². The van der Waals surface area contributed by atoms with Gasteiger partial charge in [0.25, 0.3) is 0 Å². The maximum absolute atomic E-state index is 11.5. The maximum atomic E-state index is 11.5. The van der Waals surface area contributed by atoms with Gasteiger partial charge in [-0.25, -0.2) is 0 Å². The Labute approximate surface area is 89.2 Å². The summed E-state index contributed by atoms with van der Waals surface area (Å²) >= 11 is 0. The highest BCUT2D eigenvalue weighted by molar-refractivity contribution is 5.86. The molecular formula is C13H14O2. The van der Waals surface area contributed by atoms with Crippen LogP contribution in [0.4, 0.5) is 0 Å². The summed E-state index contributed by atoms with van der Waals surface area (Å²) in [7, 11) is 0. The first kappa shape index (κ1) is 9.10. The number of fused-ring (bicyclic) bond motifs is 1. The first-order valence-electron chi connectivity index (χ1n) is 5.42. The van der Waals surface area contributed by atoms with Crippen molar-refractivity contribution in [2.45, 2.75) is 19.4 Å². The molecule has 0 amide bonds. The summed E-state index contributed by atoms with van der Waals surface area (Å²) in [6, 6.07) is 10.2. The third-order valence-electron chi connectivity index (χ3n) is 3.85. The molecule has 3 rings (SSSR count). The van der Waals surface area contributed by atoms with Gasteiger partial charge in [-0.1, -0.05) is 30.3 Å². The molecule has 3 atom stereocenters. The van der Waals surface area contributed by atoms with Crippen LogP contribution in [-0.4, -0.2) is 12.4 Å². The highest BCUT2D eigenvalue weighted by Crippen LogP contribution is 2.65. The van der Waals surface area contributed by atoms with E-state index in [2.05, 4.69) is 12.1 Å². The Kier molecular flexibility index (Phi) is 1.77. The second kappa shape index (κ2) is 2.92. The van der Waals surface area contributed by atoms with Gasteiger partial charge in [0.2, 0.25) is 0 Å². The second-order valence-corrected chi connectivity index (χ2v) is 4.67. The molecule has 0 bridgehead atoms. The van der Waals surface area contributed by atoms with Crippen molar-refractivity contribution in [3.05, 3.63) is 35.9 Å². The molecule has 2 fully saturated rings. The number of rotatable bonds is 2. The molecule has 2 nitrogen and oxygen atoms in total. The predicted octanol–water partition coefficient (Wildman–Crippen LogP) is 2.35. The van der Waals surface area contributed by atoms with Gasteiger partial charge in [0.1, 0.15) is 5.78 Å². The Morgan fingerprint density at radius 3 is 2.67 bits per heavy atom. The summed E-state index contributed by atoms with van der Waals surface area (Å²) in [6.07, 6.45) is 1.16. The lowest BCUT2D eigenvalue weighted by Crippen LogP contribution is -2.15. The fourth-order valence-electron chi connectivity index (χ4n) is 2.73. The van der Waals surface area contributed by atoms with Gasteiger partial charge < -0.3 is 4.74 Å². The van der Waals surface area contributed by atoms with Crippen LogP contribution < -0.4 is 0 Å². The maximum Gasteiger partial charge on any atom is 0.138 e. The van der Waals surface area contributed by atoms with Gasteiger partial charge in [-0.05, 0) is 18.9 Å². The van der Waals surface area contributed by atoms with Crippen molar-refractivity contribution >= 4 is 5.78 Å². The number of hydrogen-bond acceptors (Lipinski definition) is 2. The Morgan fingerprint density at radius 2 is 2.13 bits per heavy atom. The van der Waals surface area contributed by atoms with E-state index < -0.39 is 0 Å². The quantitative estimate of drug-likeness (QED) is 0.735. The Bertz CT molecular complexity index is 398. The molecule has 0 N–H and O–H groups in total. The lowest BCUT2D eigenvalue weighted by Gasteiger charge is -2.11. The van der Waals surface area contributed by atoms with E-state index in [9.17, 15) is 4.79 Å². The van der Waals surface area contributed by atoms with Crippen LogP contribution in [0, 0.1) is 11.3 Å². The summed E-state index contributed by atoms with van der Waals surface area (Å²) in [6.45, 7) is 2.31. The minimum absolute atomic E-state index is 0.124. The van der Waals surface area contributed by atoms with Gasteiger partial charge >= 0.3 is 0 Å². The zero-order valence-corrected chi connectivity index (χ0v) is 8.77. The van der Waals surface area contributed by atoms with E-state index in [0.717, 1.165) is 6.42 Å². The van der Waals surface area contributed by atoms with Crippen LogP contribution in [0.15, 0.2) is 30.3 Å². The first-order chi connectivity index (χ1) is 7.24. The molecule has 1 heterocycles. The molecule has 0 spiro atoms. The minimum Gasteiger partial charge on any atom is -0.372 e. The zero-order chi connectivity index (χ0) is 10.5. The number of hydrogen-bond donors (Lipinski definition) is 0. The molecule has 2 aliphatic rings. The van der Waals surface area contributed by atoms with Crippen LogP contribution in [0.1, 0.15) is 25.0 Å². The highest BCUT2D eigenvalue weighted by atomic mass is 16.5. The van der Waals surface area contributed by atoms with Crippen LogP contribution in [0.2, 0.25) is 0 Å². The molecule has 1 aromatic carbocycles. The van der Waals surface area contributed by atoms with Crippen LogP contribution in [-0.2, 0) is 9.53 Å². The van der Waals surface area contributed by atoms with Crippen LogP contribution in [0.5, 0.6) is 0 Å². The second-order valence-electron chi connectivity index (χ2n) is 4.67. The Morgan fingerprint density at radius 1 is 1.40 bits per heavy atom. The van der Waals surface area contributed by atoms with Crippen LogP contribution in [0.25, 0.3) is 0 Å². The van der Waals surface area contributed by atoms with Gasteiger partial charge in [0.15, 0.2) is 0 Å². The normalized spacial score (nSPS) is 37.4. The molecule has 3 unspecified atom stereocenters. The molecule has 1 saturated heterocycles. The molecule has 0 aromatic heterocycles. The lowest BCUT2D eigenvalue weighted by molar-refractivity contribution is -0.122. The van der Waals surface area contributed by atoms with E-state index in [-0.39, 0.29) is 11.5 Å².